The first-order valence-electron chi connectivity index (χ1n) is 10.4. The Labute approximate surface area is 166 Å². The number of aromatic nitrogens is 2. The summed E-state index contributed by atoms with van der Waals surface area (Å²) in [5, 5.41) is 3.75. The highest BCUT2D eigenvalue weighted by atomic mass is 14.9. The molecule has 0 radical (unpaired) electrons. The fourth-order valence-electron chi connectivity index (χ4n) is 5.24. The van der Waals surface area contributed by atoms with E-state index in [1.54, 1.807) is 5.56 Å². The molecule has 0 atom stereocenters. The second kappa shape index (κ2) is 6.70. The van der Waals surface area contributed by atoms with Gasteiger partial charge < -0.3 is 0 Å². The average Bonchev–Trinajstić information content (AvgIpc) is 3.21. The van der Waals surface area contributed by atoms with Gasteiger partial charge in [0.25, 0.3) is 0 Å². The maximum absolute atomic E-state index is 4.94. The molecule has 0 bridgehead atoms. The summed E-state index contributed by atoms with van der Waals surface area (Å²) < 4.78 is 0. The van der Waals surface area contributed by atoms with Crippen molar-refractivity contribution in [3.63, 3.8) is 0 Å². The van der Waals surface area contributed by atoms with Crippen LogP contribution in [-0.2, 0) is 0 Å². The van der Waals surface area contributed by atoms with Crippen LogP contribution in [0, 0.1) is 20.8 Å². The van der Waals surface area contributed by atoms with Crippen LogP contribution in [0.3, 0.4) is 0 Å². The monoisotopic (exact) mass is 366 g/mol. The van der Waals surface area contributed by atoms with Gasteiger partial charge in [-0.1, -0.05) is 55.3 Å². The Morgan fingerprint density at radius 3 is 2.36 bits per heavy atom. The number of benzene rings is 3. The molecule has 0 saturated heterocycles. The Kier molecular flexibility index (Phi) is 4.16. The van der Waals surface area contributed by atoms with Crippen LogP contribution in [-0.4, -0.2) is 9.97 Å². The minimum absolute atomic E-state index is 0.705. The number of aryl methyl sites for hydroxylation is 3. The predicted octanol–water partition coefficient (Wildman–Crippen LogP) is 7.03. The molecule has 2 heteroatoms. The Morgan fingerprint density at radius 2 is 1.61 bits per heavy atom. The number of nitrogens with zero attached hydrogens (tertiary/aromatic N) is 2. The molecule has 0 spiro atoms. The van der Waals surface area contributed by atoms with E-state index in [-0.39, 0.29) is 0 Å². The van der Waals surface area contributed by atoms with Gasteiger partial charge in [-0.15, -0.1) is 0 Å². The van der Waals surface area contributed by atoms with Crippen molar-refractivity contribution < 1.29 is 0 Å². The molecule has 1 aliphatic carbocycles. The molecule has 5 rings (SSSR count). The highest BCUT2D eigenvalue weighted by Gasteiger charge is 2.23. The summed E-state index contributed by atoms with van der Waals surface area (Å²) in [5.74, 6) is 1.54. The van der Waals surface area contributed by atoms with Gasteiger partial charge >= 0.3 is 0 Å². The van der Waals surface area contributed by atoms with Crippen LogP contribution >= 0.6 is 0 Å². The third-order valence-electron chi connectivity index (χ3n) is 6.40. The zero-order chi connectivity index (χ0) is 19.3. The summed E-state index contributed by atoms with van der Waals surface area (Å²) in [7, 11) is 0. The molecule has 1 saturated carbocycles. The van der Waals surface area contributed by atoms with Gasteiger partial charge in [0.1, 0.15) is 5.82 Å². The van der Waals surface area contributed by atoms with Crippen molar-refractivity contribution in [1.82, 2.24) is 9.97 Å². The Hall–Kier alpha value is -2.74. The largest absolute Gasteiger partial charge is 0.233 e. The number of fused-ring (bicyclic) bond motifs is 3. The summed E-state index contributed by atoms with van der Waals surface area (Å²) in [6, 6.07) is 17.3. The second-order valence-corrected chi connectivity index (χ2v) is 8.26. The molecule has 2 nitrogen and oxygen atoms in total. The first-order valence-corrected chi connectivity index (χ1v) is 10.4. The zero-order valence-electron chi connectivity index (χ0n) is 16.9. The molecule has 140 valence electrons. The molecule has 1 aromatic heterocycles. The van der Waals surface area contributed by atoms with Crippen molar-refractivity contribution in [3.8, 4) is 11.3 Å². The van der Waals surface area contributed by atoms with Crippen molar-refractivity contribution in [2.24, 2.45) is 0 Å². The lowest BCUT2D eigenvalue weighted by atomic mass is 9.85. The summed E-state index contributed by atoms with van der Waals surface area (Å²) in [6.07, 6.45) is 5.36. The SMILES string of the molecule is Cc1nc(-c2ccccc2)c2ccc3cc(C)c(C4CCCC4)c(C)c3c2n1. The van der Waals surface area contributed by atoms with E-state index < -0.39 is 0 Å². The normalized spacial score (nSPS) is 15.0. The molecule has 1 fully saturated rings. The lowest BCUT2D eigenvalue weighted by molar-refractivity contribution is 0.714. The number of rotatable bonds is 2. The van der Waals surface area contributed by atoms with Gasteiger partial charge in [0.15, 0.2) is 0 Å². The van der Waals surface area contributed by atoms with Gasteiger partial charge in [-0.05, 0) is 67.7 Å². The van der Waals surface area contributed by atoms with Gasteiger partial charge in [-0.3, -0.25) is 0 Å². The third-order valence-corrected chi connectivity index (χ3v) is 6.40. The van der Waals surface area contributed by atoms with Gasteiger partial charge in [-0.25, -0.2) is 9.97 Å². The van der Waals surface area contributed by atoms with Crippen molar-refractivity contribution >= 4 is 21.7 Å². The fourth-order valence-corrected chi connectivity index (χ4v) is 5.24. The highest BCUT2D eigenvalue weighted by Crippen LogP contribution is 2.42. The smallest absolute Gasteiger partial charge is 0.126 e. The number of hydrogen-bond donors (Lipinski definition) is 0. The molecular weight excluding hydrogens is 340 g/mol. The van der Waals surface area contributed by atoms with Crippen LogP contribution in [0.4, 0.5) is 0 Å². The molecule has 1 heterocycles. The highest BCUT2D eigenvalue weighted by molar-refractivity contribution is 6.11. The quantitative estimate of drug-likeness (QED) is 0.356. The molecule has 1 aliphatic rings. The summed E-state index contributed by atoms with van der Waals surface area (Å²) in [5.41, 5.74) is 7.70. The molecule has 3 aromatic carbocycles. The van der Waals surface area contributed by atoms with Gasteiger partial charge in [0, 0.05) is 16.3 Å². The van der Waals surface area contributed by atoms with Crippen LogP contribution in [0.2, 0.25) is 0 Å². The van der Waals surface area contributed by atoms with E-state index >= 15 is 0 Å². The third kappa shape index (κ3) is 2.71. The molecule has 0 aliphatic heterocycles. The maximum Gasteiger partial charge on any atom is 0.126 e. The standard InChI is InChI=1S/C26H26N2/c1-16-15-21-13-14-22-25(20-11-5-4-6-12-20)27-18(3)28-26(22)24(21)17(2)23(16)19-9-7-8-10-19/h4-6,11-15,19H,7-10H2,1-3H3. The Bertz CT molecular complexity index is 1190. The van der Waals surface area contributed by atoms with Crippen LogP contribution in [0.15, 0.2) is 48.5 Å². The topological polar surface area (TPSA) is 25.8 Å². The van der Waals surface area contributed by atoms with Gasteiger partial charge in [0.05, 0.1) is 11.2 Å². The Morgan fingerprint density at radius 1 is 0.857 bits per heavy atom. The predicted molar refractivity (Wildman–Crippen MR) is 118 cm³/mol. The van der Waals surface area contributed by atoms with Crippen LogP contribution in [0.5, 0.6) is 0 Å². The van der Waals surface area contributed by atoms with Gasteiger partial charge in [0.2, 0.25) is 0 Å². The summed E-state index contributed by atoms with van der Waals surface area (Å²) in [6.45, 7) is 6.60. The van der Waals surface area contributed by atoms with E-state index in [2.05, 4.69) is 62.4 Å². The van der Waals surface area contributed by atoms with E-state index in [9.17, 15) is 0 Å². The van der Waals surface area contributed by atoms with Crippen LogP contribution in [0.1, 0.15) is 54.1 Å². The Balaban J connectivity index is 1.87. The van der Waals surface area contributed by atoms with Gasteiger partial charge in [-0.2, -0.15) is 0 Å². The van der Waals surface area contributed by atoms with Crippen LogP contribution < -0.4 is 0 Å². The van der Waals surface area contributed by atoms with Crippen molar-refractivity contribution in [3.05, 3.63) is 71.0 Å². The lowest BCUT2D eigenvalue weighted by Crippen LogP contribution is -2.02. The maximum atomic E-state index is 4.94. The van der Waals surface area contributed by atoms with E-state index in [1.165, 1.54) is 47.6 Å². The zero-order valence-corrected chi connectivity index (χ0v) is 16.9. The van der Waals surface area contributed by atoms with Crippen LogP contribution in [0.25, 0.3) is 32.9 Å². The van der Waals surface area contributed by atoms with E-state index in [1.807, 2.05) is 6.92 Å². The summed E-state index contributed by atoms with van der Waals surface area (Å²) in [4.78, 5) is 9.75. The fraction of sp³-hybridized carbons (Fsp3) is 0.308. The molecular formula is C26H26N2. The molecule has 0 unspecified atom stereocenters. The number of hydrogen-bond acceptors (Lipinski definition) is 2. The van der Waals surface area contributed by atoms with E-state index in [0.717, 1.165) is 28.0 Å². The molecule has 28 heavy (non-hydrogen) atoms. The minimum Gasteiger partial charge on any atom is -0.233 e. The minimum atomic E-state index is 0.705. The molecule has 0 amide bonds. The summed E-state index contributed by atoms with van der Waals surface area (Å²) >= 11 is 0. The first-order chi connectivity index (χ1) is 13.6. The average molecular weight is 367 g/mol. The molecule has 0 N–H and O–H groups in total. The van der Waals surface area contributed by atoms with E-state index in [4.69, 9.17) is 9.97 Å². The molecule has 4 aromatic rings. The lowest BCUT2D eigenvalue weighted by Gasteiger charge is -2.20. The first kappa shape index (κ1) is 17.4. The van der Waals surface area contributed by atoms with Crippen molar-refractivity contribution in [1.29, 1.82) is 0 Å². The second-order valence-electron chi connectivity index (χ2n) is 8.26. The van der Waals surface area contributed by atoms with E-state index in [0.29, 0.717) is 5.92 Å². The van der Waals surface area contributed by atoms with Crippen molar-refractivity contribution in [2.45, 2.75) is 52.4 Å². The van der Waals surface area contributed by atoms with Crippen molar-refractivity contribution in [2.75, 3.05) is 0 Å².